The van der Waals surface area contributed by atoms with Crippen LogP contribution in [0.1, 0.15) is 6.42 Å². The number of carbonyl (C=O) groups excluding carboxylic acids is 1. The smallest absolute Gasteiger partial charge is 0.227 e. The third-order valence-corrected chi connectivity index (χ3v) is 2.85. The Hall–Kier alpha value is -1.37. The molecule has 1 unspecified atom stereocenters. The predicted octanol–water partition coefficient (Wildman–Crippen LogP) is 1.57. The van der Waals surface area contributed by atoms with Gasteiger partial charge in [0.2, 0.25) is 5.91 Å². The molecule has 1 fully saturated rings. The number of morpholine rings is 1. The Balaban J connectivity index is 0.00000200. The molecule has 1 saturated heterocycles. The van der Waals surface area contributed by atoms with Gasteiger partial charge in [0.15, 0.2) is 11.6 Å². The van der Waals surface area contributed by atoms with E-state index in [9.17, 15) is 9.18 Å². The van der Waals surface area contributed by atoms with Crippen LogP contribution in [0.3, 0.4) is 0 Å². The average molecular weight is 305 g/mol. The number of ether oxygens (including phenoxy) is 2. The number of hydrogen-bond acceptors (Lipinski definition) is 4. The van der Waals surface area contributed by atoms with Crippen LogP contribution in [-0.4, -0.2) is 38.8 Å². The first kappa shape index (κ1) is 16.7. The molecule has 0 spiro atoms. The van der Waals surface area contributed by atoms with Gasteiger partial charge in [0.05, 0.1) is 26.2 Å². The normalized spacial score (nSPS) is 18.0. The molecule has 5 nitrogen and oxygen atoms in total. The van der Waals surface area contributed by atoms with E-state index in [2.05, 4.69) is 10.6 Å². The van der Waals surface area contributed by atoms with E-state index >= 15 is 0 Å². The summed E-state index contributed by atoms with van der Waals surface area (Å²) >= 11 is 0. The summed E-state index contributed by atoms with van der Waals surface area (Å²) in [5, 5.41) is 5.85. The Labute approximate surface area is 123 Å². The van der Waals surface area contributed by atoms with Crippen molar-refractivity contribution in [1.82, 2.24) is 5.32 Å². The zero-order valence-corrected chi connectivity index (χ0v) is 12.0. The van der Waals surface area contributed by atoms with Crippen LogP contribution in [0.25, 0.3) is 0 Å². The second kappa shape index (κ2) is 8.04. The van der Waals surface area contributed by atoms with Crippen molar-refractivity contribution in [2.45, 2.75) is 12.5 Å². The molecule has 1 aliphatic rings. The number of hydrogen-bond donors (Lipinski definition) is 2. The lowest BCUT2D eigenvalue weighted by Crippen LogP contribution is -2.40. The molecule has 20 heavy (non-hydrogen) atoms. The van der Waals surface area contributed by atoms with E-state index in [-0.39, 0.29) is 36.6 Å². The second-order valence-electron chi connectivity index (χ2n) is 4.30. The number of nitrogens with one attached hydrogen (secondary N) is 2. The van der Waals surface area contributed by atoms with E-state index in [1.54, 1.807) is 0 Å². The van der Waals surface area contributed by atoms with Gasteiger partial charge in [-0.1, -0.05) is 0 Å². The molecule has 1 aliphatic heterocycles. The van der Waals surface area contributed by atoms with Crippen molar-refractivity contribution in [3.8, 4) is 5.75 Å². The maximum absolute atomic E-state index is 13.2. The van der Waals surface area contributed by atoms with E-state index in [1.165, 1.54) is 25.3 Å². The molecule has 112 valence electrons. The first-order valence-electron chi connectivity index (χ1n) is 6.15. The Bertz CT molecular complexity index is 453. The van der Waals surface area contributed by atoms with Gasteiger partial charge in [0.25, 0.3) is 0 Å². The van der Waals surface area contributed by atoms with Crippen molar-refractivity contribution in [2.24, 2.45) is 0 Å². The Kier molecular flexibility index (Phi) is 6.70. The van der Waals surface area contributed by atoms with Gasteiger partial charge in [0, 0.05) is 24.8 Å². The molecule has 0 aromatic heterocycles. The average Bonchev–Trinajstić information content (AvgIpc) is 2.42. The zero-order chi connectivity index (χ0) is 13.7. The van der Waals surface area contributed by atoms with Crippen molar-refractivity contribution < 1.29 is 18.7 Å². The number of anilines is 1. The molecule has 2 rings (SSSR count). The highest BCUT2D eigenvalue weighted by atomic mass is 35.5. The van der Waals surface area contributed by atoms with Crippen molar-refractivity contribution in [3.63, 3.8) is 0 Å². The van der Waals surface area contributed by atoms with Crippen LogP contribution < -0.4 is 15.4 Å². The molecule has 2 N–H and O–H groups in total. The quantitative estimate of drug-likeness (QED) is 0.886. The highest BCUT2D eigenvalue weighted by molar-refractivity contribution is 5.91. The first-order chi connectivity index (χ1) is 9.19. The number of carbonyl (C=O) groups is 1. The lowest BCUT2D eigenvalue weighted by Gasteiger charge is -2.23. The minimum Gasteiger partial charge on any atom is -0.494 e. The Morgan fingerprint density at radius 1 is 1.60 bits per heavy atom. The maximum Gasteiger partial charge on any atom is 0.227 e. The summed E-state index contributed by atoms with van der Waals surface area (Å²) in [5.41, 5.74) is 0.506. The standard InChI is InChI=1S/C13H17FN2O3.ClH/c1-18-12-6-9(2-3-11(12)14)16-13(17)7-10-8-15-4-5-19-10;/h2-3,6,10,15H,4-5,7-8H2,1H3,(H,16,17);1H. The largest absolute Gasteiger partial charge is 0.494 e. The van der Waals surface area contributed by atoms with E-state index in [4.69, 9.17) is 9.47 Å². The van der Waals surface area contributed by atoms with Crippen molar-refractivity contribution in [3.05, 3.63) is 24.0 Å². The van der Waals surface area contributed by atoms with Crippen LogP contribution in [0, 0.1) is 5.82 Å². The molecule has 1 atom stereocenters. The fourth-order valence-electron chi connectivity index (χ4n) is 1.91. The monoisotopic (exact) mass is 304 g/mol. The van der Waals surface area contributed by atoms with Gasteiger partial charge < -0.3 is 20.1 Å². The Morgan fingerprint density at radius 3 is 3.05 bits per heavy atom. The molecule has 0 radical (unpaired) electrons. The van der Waals surface area contributed by atoms with E-state index in [1.807, 2.05) is 0 Å². The second-order valence-corrected chi connectivity index (χ2v) is 4.30. The summed E-state index contributed by atoms with van der Waals surface area (Å²) < 4.78 is 23.5. The van der Waals surface area contributed by atoms with Crippen LogP contribution in [0.4, 0.5) is 10.1 Å². The SMILES string of the molecule is COc1cc(NC(=O)CC2CNCCO2)ccc1F.Cl. The molecule has 0 bridgehead atoms. The van der Waals surface area contributed by atoms with E-state index < -0.39 is 5.82 Å². The van der Waals surface area contributed by atoms with Gasteiger partial charge in [-0.15, -0.1) is 12.4 Å². The van der Waals surface area contributed by atoms with Crippen molar-refractivity contribution in [1.29, 1.82) is 0 Å². The summed E-state index contributed by atoms with van der Waals surface area (Å²) in [7, 11) is 1.38. The van der Waals surface area contributed by atoms with Crippen LogP contribution in [-0.2, 0) is 9.53 Å². The molecule has 1 aromatic carbocycles. The van der Waals surface area contributed by atoms with Crippen LogP contribution in [0.15, 0.2) is 18.2 Å². The third-order valence-electron chi connectivity index (χ3n) is 2.85. The first-order valence-corrected chi connectivity index (χ1v) is 6.15. The Morgan fingerprint density at radius 2 is 2.40 bits per heavy atom. The highest BCUT2D eigenvalue weighted by Crippen LogP contribution is 2.21. The summed E-state index contributed by atoms with van der Waals surface area (Å²) in [6.45, 7) is 2.09. The third kappa shape index (κ3) is 4.63. The number of methoxy groups -OCH3 is 1. The van der Waals surface area contributed by atoms with Crippen molar-refractivity contribution >= 4 is 24.0 Å². The number of benzene rings is 1. The molecule has 7 heteroatoms. The van der Waals surface area contributed by atoms with Crippen LogP contribution in [0.5, 0.6) is 5.75 Å². The fourth-order valence-corrected chi connectivity index (χ4v) is 1.91. The molecular formula is C13H18ClFN2O3. The predicted molar refractivity (Wildman–Crippen MR) is 76.1 cm³/mol. The fraction of sp³-hybridized carbons (Fsp3) is 0.462. The molecule has 1 aromatic rings. The summed E-state index contributed by atoms with van der Waals surface area (Å²) in [5.74, 6) is -0.518. The van der Waals surface area contributed by atoms with E-state index in [0.29, 0.717) is 18.8 Å². The zero-order valence-electron chi connectivity index (χ0n) is 11.1. The maximum atomic E-state index is 13.2. The van der Waals surface area contributed by atoms with Gasteiger partial charge in [0.1, 0.15) is 0 Å². The minimum atomic E-state index is -0.458. The lowest BCUT2D eigenvalue weighted by atomic mass is 10.2. The van der Waals surface area contributed by atoms with Crippen LogP contribution >= 0.6 is 12.4 Å². The lowest BCUT2D eigenvalue weighted by molar-refractivity contribution is -0.119. The summed E-state index contributed by atoms with van der Waals surface area (Å²) in [4.78, 5) is 11.8. The summed E-state index contributed by atoms with van der Waals surface area (Å²) in [6, 6.07) is 4.20. The topological polar surface area (TPSA) is 59.6 Å². The van der Waals surface area contributed by atoms with Gasteiger partial charge in [-0.3, -0.25) is 4.79 Å². The van der Waals surface area contributed by atoms with Gasteiger partial charge >= 0.3 is 0 Å². The molecular weight excluding hydrogens is 287 g/mol. The molecule has 1 amide bonds. The van der Waals surface area contributed by atoms with Gasteiger partial charge in [-0.2, -0.15) is 0 Å². The number of amides is 1. The minimum absolute atomic E-state index is 0. The van der Waals surface area contributed by atoms with Gasteiger partial charge in [-0.25, -0.2) is 4.39 Å². The number of rotatable bonds is 4. The number of halogens is 2. The van der Waals surface area contributed by atoms with Crippen LogP contribution in [0.2, 0.25) is 0 Å². The summed E-state index contributed by atoms with van der Waals surface area (Å²) in [6.07, 6.45) is 0.156. The molecule has 0 aliphatic carbocycles. The highest BCUT2D eigenvalue weighted by Gasteiger charge is 2.17. The molecule has 0 saturated carbocycles. The van der Waals surface area contributed by atoms with Gasteiger partial charge in [-0.05, 0) is 12.1 Å². The van der Waals surface area contributed by atoms with Crippen molar-refractivity contribution in [2.75, 3.05) is 32.1 Å². The molecule has 1 heterocycles. The van der Waals surface area contributed by atoms with E-state index in [0.717, 1.165) is 6.54 Å².